The number of benzene rings is 1. The zero-order chi connectivity index (χ0) is 10.8. The normalized spacial score (nSPS) is 8.79. The van der Waals surface area contributed by atoms with E-state index in [0.717, 1.165) is 10.8 Å². The van der Waals surface area contributed by atoms with Crippen LogP contribution in [0.15, 0.2) is 28.7 Å². The fourth-order valence-corrected chi connectivity index (χ4v) is 1.07. The van der Waals surface area contributed by atoms with Crippen LogP contribution in [0.1, 0.15) is 10.4 Å². The van der Waals surface area contributed by atoms with Crippen LogP contribution >= 0.6 is 15.9 Å². The Labute approximate surface area is 92.2 Å². The number of carbonyl (C=O) groups is 1. The molecule has 14 heavy (non-hydrogen) atoms. The maximum atomic E-state index is 10.2. The smallest absolute Gasteiger partial charge is 0.151 e. The van der Waals surface area contributed by atoms with E-state index in [2.05, 4.69) is 25.4 Å². The van der Waals surface area contributed by atoms with E-state index in [1.807, 2.05) is 18.2 Å². The van der Waals surface area contributed by atoms with Gasteiger partial charge in [0.1, 0.15) is 6.79 Å². The fraction of sp³-hybridized carbons (Fsp3) is 0.300. The van der Waals surface area contributed by atoms with Gasteiger partial charge in [0.2, 0.25) is 0 Å². The van der Waals surface area contributed by atoms with Gasteiger partial charge >= 0.3 is 0 Å². The first kappa shape index (κ1) is 13.3. The second kappa shape index (κ2) is 8.87. The van der Waals surface area contributed by atoms with Crippen molar-refractivity contribution in [2.45, 2.75) is 0 Å². The first-order valence-electron chi connectivity index (χ1n) is 3.93. The summed E-state index contributed by atoms with van der Waals surface area (Å²) in [5.41, 5.74) is 0.692. The molecule has 0 aliphatic rings. The summed E-state index contributed by atoms with van der Waals surface area (Å²) >= 11 is 3.23. The average Bonchev–Trinajstić information content (AvgIpc) is 2.21. The van der Waals surface area contributed by atoms with Crippen molar-refractivity contribution in [1.29, 1.82) is 0 Å². The molecule has 78 valence electrons. The second-order valence-corrected chi connectivity index (χ2v) is 3.19. The van der Waals surface area contributed by atoms with Crippen LogP contribution in [-0.2, 0) is 9.47 Å². The lowest BCUT2D eigenvalue weighted by molar-refractivity contribution is -0.00272. The predicted octanol–water partition coefficient (Wildman–Crippen LogP) is 2.50. The molecular formula is C10H13BrO3. The van der Waals surface area contributed by atoms with Gasteiger partial charge < -0.3 is 9.47 Å². The summed E-state index contributed by atoms with van der Waals surface area (Å²) in [5.74, 6) is 0. The van der Waals surface area contributed by atoms with E-state index in [-0.39, 0.29) is 0 Å². The number of methoxy groups -OCH3 is 2. The van der Waals surface area contributed by atoms with E-state index in [0.29, 0.717) is 12.4 Å². The number of halogens is 1. The van der Waals surface area contributed by atoms with Crippen molar-refractivity contribution in [1.82, 2.24) is 0 Å². The molecule has 0 radical (unpaired) electrons. The zero-order valence-electron chi connectivity index (χ0n) is 8.20. The summed E-state index contributed by atoms with van der Waals surface area (Å²) in [4.78, 5) is 10.2. The average molecular weight is 261 g/mol. The third kappa shape index (κ3) is 5.85. The van der Waals surface area contributed by atoms with Gasteiger partial charge in [0, 0.05) is 24.3 Å². The number of carbonyl (C=O) groups excluding carboxylic acids is 1. The van der Waals surface area contributed by atoms with Crippen LogP contribution in [0.25, 0.3) is 0 Å². The van der Waals surface area contributed by atoms with Gasteiger partial charge in [-0.05, 0) is 6.07 Å². The maximum absolute atomic E-state index is 10.2. The zero-order valence-corrected chi connectivity index (χ0v) is 9.78. The van der Waals surface area contributed by atoms with E-state index in [4.69, 9.17) is 0 Å². The fourth-order valence-electron chi connectivity index (χ4n) is 0.689. The lowest BCUT2D eigenvalue weighted by Gasteiger charge is -1.90. The molecule has 1 aromatic rings. The van der Waals surface area contributed by atoms with Gasteiger partial charge in [-0.15, -0.1) is 0 Å². The number of ether oxygens (including phenoxy) is 2. The monoisotopic (exact) mass is 260 g/mol. The highest BCUT2D eigenvalue weighted by Crippen LogP contribution is 2.12. The Morgan fingerprint density at radius 2 is 1.86 bits per heavy atom. The Hall–Kier alpha value is -0.710. The van der Waals surface area contributed by atoms with Crippen LogP contribution in [0.4, 0.5) is 0 Å². The summed E-state index contributed by atoms with van der Waals surface area (Å²) in [7, 11) is 3.17. The lowest BCUT2D eigenvalue weighted by atomic mass is 10.2. The van der Waals surface area contributed by atoms with E-state index < -0.39 is 0 Å². The summed E-state index contributed by atoms with van der Waals surface area (Å²) < 4.78 is 9.78. The first-order valence-corrected chi connectivity index (χ1v) is 4.73. The third-order valence-corrected chi connectivity index (χ3v) is 1.99. The third-order valence-electron chi connectivity index (χ3n) is 1.27. The molecule has 0 atom stereocenters. The molecule has 0 bridgehead atoms. The standard InChI is InChI=1S/C7H5BrO.C3H8O2/c8-7-4-2-1-3-6(7)5-9;1-4-3-5-2/h1-5H;3H2,1-2H3. The molecule has 0 saturated heterocycles. The molecule has 0 amide bonds. The van der Waals surface area contributed by atoms with Crippen molar-refractivity contribution in [3.63, 3.8) is 0 Å². The number of rotatable bonds is 3. The molecular weight excluding hydrogens is 248 g/mol. The minimum absolute atomic E-state index is 0.389. The maximum Gasteiger partial charge on any atom is 0.151 e. The molecule has 0 N–H and O–H groups in total. The number of aldehydes is 1. The van der Waals surface area contributed by atoms with Crippen molar-refractivity contribution in [2.75, 3.05) is 21.0 Å². The summed E-state index contributed by atoms with van der Waals surface area (Å²) in [6.07, 6.45) is 0.823. The van der Waals surface area contributed by atoms with Gasteiger partial charge in [0.15, 0.2) is 6.29 Å². The first-order chi connectivity index (χ1) is 6.76. The molecule has 0 aromatic heterocycles. The molecule has 1 rings (SSSR count). The minimum Gasteiger partial charge on any atom is -0.359 e. The van der Waals surface area contributed by atoms with Crippen LogP contribution < -0.4 is 0 Å². The molecule has 0 aliphatic carbocycles. The van der Waals surface area contributed by atoms with E-state index >= 15 is 0 Å². The molecule has 1 aromatic carbocycles. The Bertz CT molecular complexity index is 261. The molecule has 0 fully saturated rings. The molecule has 0 saturated carbocycles. The van der Waals surface area contributed by atoms with Crippen LogP contribution in [-0.4, -0.2) is 27.3 Å². The van der Waals surface area contributed by atoms with Crippen molar-refractivity contribution >= 4 is 22.2 Å². The van der Waals surface area contributed by atoms with Crippen LogP contribution in [0, 0.1) is 0 Å². The lowest BCUT2D eigenvalue weighted by Crippen LogP contribution is -1.87. The van der Waals surface area contributed by atoms with E-state index in [1.165, 1.54) is 0 Å². The summed E-state index contributed by atoms with van der Waals surface area (Å²) in [6.45, 7) is 0.389. The van der Waals surface area contributed by atoms with Crippen LogP contribution in [0.3, 0.4) is 0 Å². The predicted molar refractivity (Wildman–Crippen MR) is 58.4 cm³/mol. The summed E-state index contributed by atoms with van der Waals surface area (Å²) in [6, 6.07) is 7.30. The molecule has 3 nitrogen and oxygen atoms in total. The highest BCUT2D eigenvalue weighted by molar-refractivity contribution is 9.10. The number of hydrogen-bond acceptors (Lipinski definition) is 3. The summed E-state index contributed by atoms with van der Waals surface area (Å²) in [5, 5.41) is 0. The van der Waals surface area contributed by atoms with Gasteiger partial charge in [-0.2, -0.15) is 0 Å². The van der Waals surface area contributed by atoms with Crippen molar-refractivity contribution < 1.29 is 14.3 Å². The Morgan fingerprint density at radius 3 is 2.14 bits per heavy atom. The van der Waals surface area contributed by atoms with Gasteiger partial charge in [0.05, 0.1) is 0 Å². The largest absolute Gasteiger partial charge is 0.359 e. The minimum atomic E-state index is 0.389. The van der Waals surface area contributed by atoms with Crippen molar-refractivity contribution in [3.8, 4) is 0 Å². The van der Waals surface area contributed by atoms with E-state index in [9.17, 15) is 4.79 Å². The quantitative estimate of drug-likeness (QED) is 0.619. The molecule has 0 unspecified atom stereocenters. The van der Waals surface area contributed by atoms with Crippen LogP contribution in [0.5, 0.6) is 0 Å². The second-order valence-electron chi connectivity index (χ2n) is 2.33. The van der Waals surface area contributed by atoms with Crippen LogP contribution in [0.2, 0.25) is 0 Å². The SMILES string of the molecule is COCOC.O=Cc1ccccc1Br. The van der Waals surface area contributed by atoms with Gasteiger partial charge in [-0.1, -0.05) is 34.1 Å². The molecule has 0 aliphatic heterocycles. The van der Waals surface area contributed by atoms with Crippen molar-refractivity contribution in [3.05, 3.63) is 34.3 Å². The van der Waals surface area contributed by atoms with Gasteiger partial charge in [-0.3, -0.25) is 4.79 Å². The van der Waals surface area contributed by atoms with Gasteiger partial charge in [-0.25, -0.2) is 0 Å². The molecule has 0 spiro atoms. The topological polar surface area (TPSA) is 35.5 Å². The van der Waals surface area contributed by atoms with Crippen molar-refractivity contribution in [2.24, 2.45) is 0 Å². The Kier molecular flexibility index (Phi) is 8.42. The van der Waals surface area contributed by atoms with Gasteiger partial charge in [0.25, 0.3) is 0 Å². The number of hydrogen-bond donors (Lipinski definition) is 0. The van der Waals surface area contributed by atoms with E-state index in [1.54, 1.807) is 20.3 Å². The Balaban J connectivity index is 0.000000292. The highest BCUT2D eigenvalue weighted by Gasteiger charge is 1.92. The molecule has 0 heterocycles. The Morgan fingerprint density at radius 1 is 1.29 bits per heavy atom. The highest BCUT2D eigenvalue weighted by atomic mass is 79.9. The molecule has 4 heteroatoms.